The summed E-state index contributed by atoms with van der Waals surface area (Å²) < 4.78 is 7.39. The molecule has 4 heteroatoms. The van der Waals surface area contributed by atoms with E-state index in [4.69, 9.17) is 16.3 Å². The summed E-state index contributed by atoms with van der Waals surface area (Å²) in [5.74, 6) is 0. The topological polar surface area (TPSA) is 26.2 Å². The monoisotopic (exact) mass is 342 g/mol. The molecule has 126 valence electrons. The second-order valence-electron chi connectivity index (χ2n) is 5.95. The van der Waals surface area contributed by atoms with Gasteiger partial charge in [0.25, 0.3) is 0 Å². The molecule has 0 fully saturated rings. The van der Waals surface area contributed by atoms with Crippen molar-refractivity contribution in [3.05, 3.63) is 70.9 Å². The fourth-order valence-corrected chi connectivity index (χ4v) is 3.20. The number of nitrogens with zero attached hydrogens (tertiary/aromatic N) is 1. The van der Waals surface area contributed by atoms with E-state index in [-0.39, 0.29) is 0 Å². The van der Waals surface area contributed by atoms with Crippen LogP contribution in [-0.2, 0) is 17.8 Å². The Morgan fingerprint density at radius 3 is 2.83 bits per heavy atom. The average molecular weight is 343 g/mol. The molecule has 2 aromatic carbocycles. The van der Waals surface area contributed by atoms with Crippen LogP contribution >= 0.6 is 11.6 Å². The van der Waals surface area contributed by atoms with Gasteiger partial charge < -0.3 is 14.6 Å². The van der Waals surface area contributed by atoms with Crippen LogP contribution in [0.4, 0.5) is 0 Å². The zero-order valence-electron chi connectivity index (χ0n) is 14.0. The van der Waals surface area contributed by atoms with Crippen molar-refractivity contribution in [2.24, 2.45) is 0 Å². The van der Waals surface area contributed by atoms with Crippen molar-refractivity contribution in [2.75, 3.05) is 20.3 Å². The molecule has 3 rings (SSSR count). The summed E-state index contributed by atoms with van der Waals surface area (Å²) in [6.45, 7) is 3.45. The number of aromatic nitrogens is 1. The molecule has 3 nitrogen and oxygen atoms in total. The van der Waals surface area contributed by atoms with Gasteiger partial charge in [0.2, 0.25) is 0 Å². The molecule has 1 aromatic heterocycles. The lowest BCUT2D eigenvalue weighted by molar-refractivity contribution is 0.194. The minimum atomic E-state index is 0.781. The lowest BCUT2D eigenvalue weighted by atomic mass is 10.2. The fraction of sp³-hybridized carbons (Fsp3) is 0.300. The molecule has 0 saturated carbocycles. The molecule has 24 heavy (non-hydrogen) atoms. The number of para-hydroxylation sites is 1. The van der Waals surface area contributed by atoms with Crippen LogP contribution in [0.3, 0.4) is 0 Å². The van der Waals surface area contributed by atoms with Crippen molar-refractivity contribution < 1.29 is 4.74 Å². The minimum absolute atomic E-state index is 0.781. The first-order valence-electron chi connectivity index (χ1n) is 8.29. The summed E-state index contributed by atoms with van der Waals surface area (Å²) in [5, 5.41) is 5.59. The quantitative estimate of drug-likeness (QED) is 0.611. The van der Waals surface area contributed by atoms with Crippen molar-refractivity contribution in [3.63, 3.8) is 0 Å². The minimum Gasteiger partial charge on any atom is -0.385 e. The van der Waals surface area contributed by atoms with Crippen molar-refractivity contribution in [3.8, 4) is 0 Å². The summed E-state index contributed by atoms with van der Waals surface area (Å²) in [4.78, 5) is 0. The van der Waals surface area contributed by atoms with E-state index in [0.717, 1.165) is 37.7 Å². The largest absolute Gasteiger partial charge is 0.385 e. The number of ether oxygens (including phenoxy) is 1. The van der Waals surface area contributed by atoms with Gasteiger partial charge in [-0.3, -0.25) is 0 Å². The van der Waals surface area contributed by atoms with Crippen LogP contribution in [0.5, 0.6) is 0 Å². The number of fused-ring (bicyclic) bond motifs is 1. The van der Waals surface area contributed by atoms with Crippen LogP contribution in [-0.4, -0.2) is 24.8 Å². The van der Waals surface area contributed by atoms with E-state index < -0.39 is 0 Å². The van der Waals surface area contributed by atoms with Gasteiger partial charge in [-0.1, -0.05) is 41.9 Å². The van der Waals surface area contributed by atoms with E-state index in [1.165, 1.54) is 22.0 Å². The van der Waals surface area contributed by atoms with E-state index in [2.05, 4.69) is 46.4 Å². The summed E-state index contributed by atoms with van der Waals surface area (Å²) in [6.07, 6.45) is 3.27. The zero-order valence-corrected chi connectivity index (χ0v) is 14.7. The number of rotatable bonds is 8. The molecule has 1 N–H and O–H groups in total. The molecule has 0 aliphatic carbocycles. The predicted molar refractivity (Wildman–Crippen MR) is 101 cm³/mol. The predicted octanol–water partition coefficient (Wildman–Crippen LogP) is 4.47. The SMILES string of the molecule is COCCCNCc1cn(Cc2cccc(Cl)c2)c2ccccc12. The van der Waals surface area contributed by atoms with Gasteiger partial charge in [0.05, 0.1) is 0 Å². The highest BCUT2D eigenvalue weighted by atomic mass is 35.5. The van der Waals surface area contributed by atoms with Crippen molar-refractivity contribution in [1.29, 1.82) is 0 Å². The van der Waals surface area contributed by atoms with Gasteiger partial charge >= 0.3 is 0 Å². The summed E-state index contributed by atoms with van der Waals surface area (Å²) in [6, 6.07) is 16.6. The maximum Gasteiger partial charge on any atom is 0.0486 e. The highest BCUT2D eigenvalue weighted by Gasteiger charge is 2.08. The Morgan fingerprint density at radius 2 is 2.00 bits per heavy atom. The van der Waals surface area contributed by atoms with Crippen LogP contribution < -0.4 is 5.32 Å². The van der Waals surface area contributed by atoms with Crippen molar-refractivity contribution in [2.45, 2.75) is 19.5 Å². The molecule has 0 aliphatic heterocycles. The molecule has 0 unspecified atom stereocenters. The number of nitrogens with one attached hydrogen (secondary N) is 1. The van der Waals surface area contributed by atoms with Gasteiger partial charge in [0.1, 0.15) is 0 Å². The lowest BCUT2D eigenvalue weighted by Gasteiger charge is -2.06. The molecule has 1 heterocycles. The van der Waals surface area contributed by atoms with Gasteiger partial charge in [0.15, 0.2) is 0 Å². The zero-order chi connectivity index (χ0) is 16.8. The summed E-state index contributed by atoms with van der Waals surface area (Å²) >= 11 is 6.12. The molecule has 0 atom stereocenters. The van der Waals surface area contributed by atoms with Crippen LogP contribution in [0.1, 0.15) is 17.5 Å². The first kappa shape index (κ1) is 17.0. The molecular formula is C20H23ClN2O. The van der Waals surface area contributed by atoms with Crippen LogP contribution in [0.2, 0.25) is 5.02 Å². The molecule has 0 amide bonds. The van der Waals surface area contributed by atoms with Crippen LogP contribution in [0.15, 0.2) is 54.7 Å². The molecule has 0 saturated heterocycles. The second kappa shape index (κ2) is 8.34. The van der Waals surface area contributed by atoms with Gasteiger partial charge in [-0.15, -0.1) is 0 Å². The van der Waals surface area contributed by atoms with Crippen molar-refractivity contribution in [1.82, 2.24) is 9.88 Å². The van der Waals surface area contributed by atoms with Gasteiger partial charge in [0, 0.05) is 48.9 Å². The highest BCUT2D eigenvalue weighted by molar-refractivity contribution is 6.30. The van der Waals surface area contributed by atoms with E-state index in [1.54, 1.807) is 7.11 Å². The highest BCUT2D eigenvalue weighted by Crippen LogP contribution is 2.23. The average Bonchev–Trinajstić information content (AvgIpc) is 2.93. The Balaban J connectivity index is 1.78. The Bertz CT molecular complexity index is 797. The lowest BCUT2D eigenvalue weighted by Crippen LogP contribution is -2.15. The van der Waals surface area contributed by atoms with Crippen LogP contribution in [0.25, 0.3) is 10.9 Å². The third kappa shape index (κ3) is 4.18. The van der Waals surface area contributed by atoms with Crippen molar-refractivity contribution >= 4 is 22.5 Å². The summed E-state index contributed by atoms with van der Waals surface area (Å²) in [7, 11) is 1.74. The molecule has 0 bridgehead atoms. The third-order valence-corrected chi connectivity index (χ3v) is 4.37. The Morgan fingerprint density at radius 1 is 1.12 bits per heavy atom. The van der Waals surface area contributed by atoms with E-state index in [1.807, 2.05) is 18.2 Å². The maximum atomic E-state index is 6.12. The van der Waals surface area contributed by atoms with E-state index in [9.17, 15) is 0 Å². The number of hydrogen-bond acceptors (Lipinski definition) is 2. The maximum absolute atomic E-state index is 6.12. The standard InChI is InChI=1S/C20H23ClN2O/c1-24-11-5-10-22-13-17-15-23(20-9-3-2-8-19(17)20)14-16-6-4-7-18(21)12-16/h2-4,6-9,12,15,22H,5,10-11,13-14H2,1H3. The second-order valence-corrected chi connectivity index (χ2v) is 6.39. The molecule has 0 aliphatic rings. The fourth-order valence-electron chi connectivity index (χ4n) is 2.99. The number of methoxy groups -OCH3 is 1. The smallest absolute Gasteiger partial charge is 0.0486 e. The summed E-state index contributed by atoms with van der Waals surface area (Å²) in [5.41, 5.74) is 3.79. The third-order valence-electron chi connectivity index (χ3n) is 4.13. The molecular weight excluding hydrogens is 320 g/mol. The van der Waals surface area contributed by atoms with Gasteiger partial charge in [-0.05, 0) is 42.3 Å². The first-order chi connectivity index (χ1) is 11.8. The Hall–Kier alpha value is -1.81. The number of halogens is 1. The Labute approximate surface area is 148 Å². The first-order valence-corrected chi connectivity index (χ1v) is 8.66. The molecule has 0 radical (unpaired) electrons. The number of benzene rings is 2. The molecule has 3 aromatic rings. The van der Waals surface area contributed by atoms with E-state index >= 15 is 0 Å². The van der Waals surface area contributed by atoms with Gasteiger partial charge in [-0.25, -0.2) is 0 Å². The molecule has 0 spiro atoms. The van der Waals surface area contributed by atoms with Crippen LogP contribution in [0, 0.1) is 0 Å². The normalized spacial score (nSPS) is 11.2. The Kier molecular flexibility index (Phi) is 5.91. The number of hydrogen-bond donors (Lipinski definition) is 1. The van der Waals surface area contributed by atoms with Gasteiger partial charge in [-0.2, -0.15) is 0 Å². The van der Waals surface area contributed by atoms with E-state index in [0.29, 0.717) is 0 Å².